The second-order valence-electron chi connectivity index (χ2n) is 2.96. The first-order valence-corrected chi connectivity index (χ1v) is 6.19. The number of rotatable bonds is 1. The predicted molar refractivity (Wildman–Crippen MR) is 63.5 cm³/mol. The van der Waals surface area contributed by atoms with E-state index in [9.17, 15) is 0 Å². The van der Waals surface area contributed by atoms with Crippen LogP contribution in [0.2, 0.25) is 10.0 Å². The summed E-state index contributed by atoms with van der Waals surface area (Å²) >= 11 is 14.2. The van der Waals surface area contributed by atoms with Crippen molar-refractivity contribution in [3.8, 4) is 5.75 Å². The second-order valence-corrected chi connectivity index (χ2v) is 4.69. The normalized spacial score (nSPS) is 19.8. The Morgan fingerprint density at radius 2 is 2.23 bits per heavy atom. The lowest BCUT2D eigenvalue weighted by Crippen LogP contribution is -2.13. The Labute approximate surface area is 101 Å². The van der Waals surface area contributed by atoms with E-state index in [2.05, 4.69) is 22.6 Å². The van der Waals surface area contributed by atoms with Gasteiger partial charge >= 0.3 is 0 Å². The molecule has 0 fully saturated rings. The molecule has 0 spiro atoms. The fourth-order valence-corrected chi connectivity index (χ4v) is 2.46. The van der Waals surface area contributed by atoms with Gasteiger partial charge in [0.1, 0.15) is 11.9 Å². The van der Waals surface area contributed by atoms with Gasteiger partial charge in [-0.1, -0.05) is 45.8 Å². The number of hydrogen-bond acceptors (Lipinski definition) is 1. The third-order valence-electron chi connectivity index (χ3n) is 2.02. The van der Waals surface area contributed by atoms with Gasteiger partial charge in [0.25, 0.3) is 0 Å². The lowest BCUT2D eigenvalue weighted by Gasteiger charge is -2.04. The van der Waals surface area contributed by atoms with Gasteiger partial charge in [0.2, 0.25) is 0 Å². The van der Waals surface area contributed by atoms with Gasteiger partial charge in [-0.25, -0.2) is 0 Å². The molecule has 2 rings (SSSR count). The van der Waals surface area contributed by atoms with Crippen LogP contribution in [0.15, 0.2) is 12.1 Å². The van der Waals surface area contributed by atoms with Crippen molar-refractivity contribution in [2.24, 2.45) is 0 Å². The zero-order chi connectivity index (χ0) is 9.42. The summed E-state index contributed by atoms with van der Waals surface area (Å²) in [5, 5.41) is 1.35. The minimum absolute atomic E-state index is 0.256. The summed E-state index contributed by atoms with van der Waals surface area (Å²) in [6.45, 7) is 0. The van der Waals surface area contributed by atoms with E-state index < -0.39 is 0 Å². The van der Waals surface area contributed by atoms with Gasteiger partial charge in [-0.3, -0.25) is 0 Å². The van der Waals surface area contributed by atoms with Gasteiger partial charge in [-0.05, 0) is 12.1 Å². The molecule has 0 saturated carbocycles. The standard InChI is InChI=1S/C9H7Cl2IO/c10-5-1-8(11)7-3-6(4-12)13-9(7)2-5/h1-2,6H,3-4H2. The maximum Gasteiger partial charge on any atom is 0.126 e. The maximum atomic E-state index is 6.03. The van der Waals surface area contributed by atoms with Crippen molar-refractivity contribution in [2.45, 2.75) is 12.5 Å². The van der Waals surface area contributed by atoms with Crippen LogP contribution in [0.4, 0.5) is 0 Å². The first kappa shape index (κ1) is 9.87. The van der Waals surface area contributed by atoms with Crippen LogP contribution < -0.4 is 4.74 Å². The summed E-state index contributed by atoms with van der Waals surface area (Å²) in [4.78, 5) is 0. The zero-order valence-electron chi connectivity index (χ0n) is 6.69. The summed E-state index contributed by atoms with van der Waals surface area (Å²) in [6.07, 6.45) is 1.15. The Bertz CT molecular complexity index is 341. The molecule has 1 unspecified atom stereocenters. The van der Waals surface area contributed by atoms with Gasteiger partial charge < -0.3 is 4.74 Å². The zero-order valence-corrected chi connectivity index (χ0v) is 10.4. The van der Waals surface area contributed by atoms with E-state index in [4.69, 9.17) is 27.9 Å². The lowest BCUT2D eigenvalue weighted by molar-refractivity contribution is 0.262. The summed E-state index contributed by atoms with van der Waals surface area (Å²) in [5.74, 6) is 0.846. The third-order valence-corrected chi connectivity index (χ3v) is 3.55. The van der Waals surface area contributed by atoms with E-state index in [1.807, 2.05) is 6.07 Å². The Kier molecular flexibility index (Phi) is 2.91. The molecule has 1 aromatic carbocycles. The summed E-state index contributed by atoms with van der Waals surface area (Å²) in [5.41, 5.74) is 1.09. The highest BCUT2D eigenvalue weighted by atomic mass is 127. The fourth-order valence-electron chi connectivity index (χ4n) is 1.42. The van der Waals surface area contributed by atoms with E-state index in [1.165, 1.54) is 0 Å². The summed E-state index contributed by atoms with van der Waals surface area (Å²) in [6, 6.07) is 3.59. The van der Waals surface area contributed by atoms with E-state index >= 15 is 0 Å². The highest BCUT2D eigenvalue weighted by Crippen LogP contribution is 2.37. The van der Waals surface area contributed by atoms with Crippen molar-refractivity contribution >= 4 is 45.8 Å². The molecular weight excluding hydrogens is 322 g/mol. The van der Waals surface area contributed by atoms with E-state index in [1.54, 1.807) is 6.07 Å². The molecule has 4 heteroatoms. The topological polar surface area (TPSA) is 9.23 Å². The van der Waals surface area contributed by atoms with Crippen LogP contribution in [0.3, 0.4) is 0 Å². The lowest BCUT2D eigenvalue weighted by atomic mass is 10.1. The number of ether oxygens (including phenoxy) is 1. The quantitative estimate of drug-likeness (QED) is 0.564. The third kappa shape index (κ3) is 1.90. The molecule has 70 valence electrons. The van der Waals surface area contributed by atoms with Crippen molar-refractivity contribution in [3.63, 3.8) is 0 Å². The van der Waals surface area contributed by atoms with Gasteiger partial charge in [0.05, 0.1) is 0 Å². The number of alkyl halides is 1. The van der Waals surface area contributed by atoms with Crippen LogP contribution in [0.5, 0.6) is 5.75 Å². The molecule has 0 N–H and O–H groups in total. The number of benzene rings is 1. The molecule has 1 atom stereocenters. The minimum Gasteiger partial charge on any atom is -0.489 e. The monoisotopic (exact) mass is 328 g/mol. The highest BCUT2D eigenvalue weighted by Gasteiger charge is 2.24. The van der Waals surface area contributed by atoms with Crippen molar-refractivity contribution in [1.29, 1.82) is 0 Å². The fraction of sp³-hybridized carbons (Fsp3) is 0.333. The van der Waals surface area contributed by atoms with Gasteiger partial charge in [-0.15, -0.1) is 0 Å². The van der Waals surface area contributed by atoms with Crippen LogP contribution in [0.1, 0.15) is 5.56 Å². The predicted octanol–water partition coefficient (Wildman–Crippen LogP) is 3.73. The van der Waals surface area contributed by atoms with Gasteiger partial charge in [-0.2, -0.15) is 0 Å². The van der Waals surface area contributed by atoms with Crippen LogP contribution in [0, 0.1) is 0 Å². The van der Waals surface area contributed by atoms with Crippen molar-refractivity contribution < 1.29 is 4.74 Å². The van der Waals surface area contributed by atoms with Crippen molar-refractivity contribution in [1.82, 2.24) is 0 Å². The summed E-state index contributed by atoms with van der Waals surface area (Å²) in [7, 11) is 0. The van der Waals surface area contributed by atoms with Crippen LogP contribution >= 0.6 is 45.8 Å². The first-order chi connectivity index (χ1) is 6.20. The van der Waals surface area contributed by atoms with E-state index in [0.29, 0.717) is 5.02 Å². The Morgan fingerprint density at radius 1 is 1.46 bits per heavy atom. The number of halogens is 3. The molecule has 1 nitrogen and oxygen atoms in total. The molecule has 0 amide bonds. The van der Waals surface area contributed by atoms with Crippen molar-refractivity contribution in [2.75, 3.05) is 4.43 Å². The number of fused-ring (bicyclic) bond motifs is 1. The molecule has 1 aromatic rings. The first-order valence-electron chi connectivity index (χ1n) is 3.91. The molecule has 1 aliphatic rings. The van der Waals surface area contributed by atoms with Crippen LogP contribution in [-0.2, 0) is 6.42 Å². The van der Waals surface area contributed by atoms with Gasteiger partial charge in [0.15, 0.2) is 0 Å². The van der Waals surface area contributed by atoms with Crippen LogP contribution in [0.25, 0.3) is 0 Å². The minimum atomic E-state index is 0.256. The molecule has 0 aliphatic carbocycles. The molecule has 0 aromatic heterocycles. The molecule has 1 heterocycles. The van der Waals surface area contributed by atoms with Crippen LogP contribution in [-0.4, -0.2) is 10.5 Å². The molecule has 13 heavy (non-hydrogen) atoms. The van der Waals surface area contributed by atoms with E-state index in [0.717, 1.165) is 27.2 Å². The van der Waals surface area contributed by atoms with E-state index in [-0.39, 0.29) is 6.10 Å². The maximum absolute atomic E-state index is 6.03. The Morgan fingerprint density at radius 3 is 2.92 bits per heavy atom. The molecule has 0 bridgehead atoms. The second kappa shape index (κ2) is 3.83. The average Bonchev–Trinajstić information content (AvgIpc) is 2.47. The average molecular weight is 329 g/mol. The molecule has 1 aliphatic heterocycles. The SMILES string of the molecule is Clc1cc(Cl)c2c(c1)OC(CI)C2. The molecule has 0 radical (unpaired) electrons. The largest absolute Gasteiger partial charge is 0.489 e. The molecular formula is C9H7Cl2IO. The van der Waals surface area contributed by atoms with Gasteiger partial charge in [0, 0.05) is 26.5 Å². The Hall–Kier alpha value is 0.330. The Balaban J connectivity index is 2.40. The highest BCUT2D eigenvalue weighted by molar-refractivity contribution is 14.1. The molecule has 0 saturated heterocycles. The van der Waals surface area contributed by atoms with Crippen molar-refractivity contribution in [3.05, 3.63) is 27.7 Å². The number of hydrogen-bond donors (Lipinski definition) is 0. The smallest absolute Gasteiger partial charge is 0.126 e. The summed E-state index contributed by atoms with van der Waals surface area (Å²) < 4.78 is 6.61.